The number of hydrogen-bond donors (Lipinski definition) is 5. The predicted molar refractivity (Wildman–Crippen MR) is 381 cm³/mol. The molecule has 103 heavy (non-hydrogen) atoms. The van der Waals surface area contributed by atoms with Crippen LogP contribution in [0.25, 0.3) is 11.1 Å². The number of aromatic nitrogens is 7. The van der Waals surface area contributed by atoms with Crippen LogP contribution in [0.2, 0.25) is 5.02 Å². The molecule has 5 heterocycles. The number of esters is 1. The number of halogens is 1. The Hall–Kier alpha value is -10.4. The topological polar surface area (TPSA) is 398 Å². The van der Waals surface area contributed by atoms with E-state index in [1.807, 2.05) is 30.2 Å². The van der Waals surface area contributed by atoms with Gasteiger partial charge in [0.2, 0.25) is 11.8 Å². The number of amides is 4. The summed E-state index contributed by atoms with van der Waals surface area (Å²) in [5.74, 6) is -1.11. The van der Waals surface area contributed by atoms with Crippen LogP contribution in [0, 0.1) is 26.2 Å². The summed E-state index contributed by atoms with van der Waals surface area (Å²) >= 11 is 5.81. The normalized spacial score (nSPS) is 13.4. The lowest BCUT2D eigenvalue weighted by molar-refractivity contribution is -0.143. The second kappa shape index (κ2) is 33.2. The molecule has 0 bridgehead atoms. The van der Waals surface area contributed by atoms with Gasteiger partial charge < -0.3 is 34.2 Å². The molecule has 0 radical (unpaired) electrons. The van der Waals surface area contributed by atoms with Gasteiger partial charge in [-0.3, -0.25) is 38.8 Å². The van der Waals surface area contributed by atoms with E-state index in [4.69, 9.17) is 35.4 Å². The largest absolute Gasteiger partial charge is 0.496 e. The number of rotatable bonds is 18. The number of carbonyl (C=O) groups excluding carboxylic acids is 5. The van der Waals surface area contributed by atoms with Crippen LogP contribution in [0.1, 0.15) is 124 Å². The molecular weight excluding hydrogens is 1420 g/mol. The number of nitrogens with zero attached hydrogens (tertiary/aromatic N) is 7. The number of sulfonamides is 2. The van der Waals surface area contributed by atoms with Crippen LogP contribution >= 0.6 is 11.6 Å². The number of oxime groups is 1. The van der Waals surface area contributed by atoms with Gasteiger partial charge in [0.15, 0.2) is 15.6 Å². The van der Waals surface area contributed by atoms with E-state index in [-0.39, 0.29) is 77.6 Å². The summed E-state index contributed by atoms with van der Waals surface area (Å²) in [6.07, 6.45) is 6.41. The van der Waals surface area contributed by atoms with Crippen molar-refractivity contribution in [3.05, 3.63) is 185 Å². The highest BCUT2D eigenvalue weighted by molar-refractivity contribution is 7.91. The van der Waals surface area contributed by atoms with Gasteiger partial charge in [-0.25, -0.2) is 48.9 Å². The van der Waals surface area contributed by atoms with E-state index in [0.717, 1.165) is 48.6 Å². The molecule has 11 rings (SSSR count). The van der Waals surface area contributed by atoms with E-state index in [0.29, 0.717) is 79.0 Å². The van der Waals surface area contributed by atoms with Crippen LogP contribution in [-0.4, -0.2) is 141 Å². The minimum atomic E-state index is -4.13. The Morgan fingerprint density at radius 2 is 1.34 bits per heavy atom. The predicted octanol–water partition coefficient (Wildman–Crippen LogP) is 7.57. The SMILES string of the molecule is CCc1cc(C)cc(CC)c1-c1c(OC(=O)C(C)(C)C)n2n(c1=O)CCOCC2.COc1ccccc1C(=O)NS(=O)(=O)c1ccc(C(=O)NC2CC2)cc1.COc1nc(C)nc(NC(=O)NS(=O)(=O)c2ccccc2Cl)n1.Cc1c(C(=O)c2c[nH]n(C)c2=O)ccc(S(C)(=O)=O)c1C1=NOCC1. The third kappa shape index (κ3) is 19.2. The van der Waals surface area contributed by atoms with Crippen LogP contribution < -0.4 is 45.4 Å². The second-order valence-corrected chi connectivity index (χ2v) is 30.3. The fourth-order valence-electron chi connectivity index (χ4n) is 10.6. The highest BCUT2D eigenvalue weighted by Gasteiger charge is 2.34. The van der Waals surface area contributed by atoms with Crippen molar-refractivity contribution in [3.63, 3.8) is 0 Å². The summed E-state index contributed by atoms with van der Waals surface area (Å²) in [5, 5.41) is 11.6. The second-order valence-electron chi connectivity index (χ2n) is 24.6. The molecule has 1 aliphatic carbocycles. The number of H-pyrrole nitrogens is 1. The van der Waals surface area contributed by atoms with Crippen molar-refractivity contribution in [3.8, 4) is 28.8 Å². The minimum Gasteiger partial charge on any atom is -0.496 e. The fourth-order valence-corrected chi connectivity index (χ4v) is 13.9. The number of methoxy groups -OCH3 is 2. The first-order valence-electron chi connectivity index (χ1n) is 32.2. The summed E-state index contributed by atoms with van der Waals surface area (Å²) in [6.45, 7) is 17.1. The average molecular weight is 1500 g/mol. The Bertz CT molecular complexity index is 5050. The molecule has 0 saturated heterocycles. The van der Waals surface area contributed by atoms with Gasteiger partial charge in [0.25, 0.3) is 43.0 Å². The van der Waals surface area contributed by atoms with Crippen LogP contribution in [0.4, 0.5) is 10.7 Å². The molecule has 8 aromatic rings. The molecule has 3 aliphatic rings. The van der Waals surface area contributed by atoms with Gasteiger partial charge in [0, 0.05) is 48.7 Å². The lowest BCUT2D eigenvalue weighted by atomic mass is 9.91. The van der Waals surface area contributed by atoms with Gasteiger partial charge in [-0.2, -0.15) is 15.0 Å². The number of ether oxygens (including phenoxy) is 4. The number of urea groups is 1. The van der Waals surface area contributed by atoms with Gasteiger partial charge in [0.05, 0.1) is 72.0 Å². The number of benzene rings is 5. The first kappa shape index (κ1) is 78.4. The maximum absolute atomic E-state index is 13.5. The van der Waals surface area contributed by atoms with Crippen LogP contribution in [0.5, 0.6) is 17.6 Å². The minimum absolute atomic E-state index is 0.00623. The van der Waals surface area contributed by atoms with Crippen molar-refractivity contribution in [1.82, 2.24) is 48.9 Å². The number of ketones is 1. The molecule has 0 atom stereocenters. The van der Waals surface area contributed by atoms with E-state index >= 15 is 0 Å². The highest BCUT2D eigenvalue weighted by Crippen LogP contribution is 2.37. The van der Waals surface area contributed by atoms with Gasteiger partial charge in [-0.1, -0.05) is 72.6 Å². The highest BCUT2D eigenvalue weighted by atomic mass is 35.5. The Balaban J connectivity index is 0.000000175. The van der Waals surface area contributed by atoms with Crippen molar-refractivity contribution >= 4 is 82.7 Å². The zero-order chi connectivity index (χ0) is 75.5. The van der Waals surface area contributed by atoms with E-state index in [2.05, 4.69) is 68.7 Å². The summed E-state index contributed by atoms with van der Waals surface area (Å²) in [7, 11) is -7.48. The van der Waals surface area contributed by atoms with Crippen molar-refractivity contribution in [2.45, 2.75) is 121 Å². The number of aryl methyl sites for hydroxylation is 5. The molecule has 30 nitrogen and oxygen atoms in total. The smallest absolute Gasteiger partial charge is 0.335 e. The molecule has 34 heteroatoms. The maximum atomic E-state index is 13.5. The summed E-state index contributed by atoms with van der Waals surface area (Å²) < 4.78 is 103. The monoisotopic (exact) mass is 1490 g/mol. The third-order valence-electron chi connectivity index (χ3n) is 15.9. The third-order valence-corrected chi connectivity index (χ3v) is 20.2. The first-order chi connectivity index (χ1) is 48.6. The Morgan fingerprint density at radius 3 is 1.91 bits per heavy atom. The molecular formula is C69H79ClN12O18S3. The van der Waals surface area contributed by atoms with Crippen LogP contribution in [-0.2, 0) is 77.2 Å². The molecule has 548 valence electrons. The van der Waals surface area contributed by atoms with E-state index < -0.39 is 58.6 Å². The van der Waals surface area contributed by atoms with Crippen LogP contribution in [0.3, 0.4) is 0 Å². The molecule has 1 saturated carbocycles. The molecule has 0 unspecified atom stereocenters. The summed E-state index contributed by atoms with van der Waals surface area (Å²) in [5.41, 5.74) is 5.58. The van der Waals surface area contributed by atoms with Crippen molar-refractivity contribution in [2.75, 3.05) is 45.6 Å². The fraction of sp³-hybridized carbons (Fsp3) is 0.348. The number of hydrogen-bond acceptors (Lipinski definition) is 22. The number of aromatic amines is 1. The average Bonchev–Trinajstić information content (AvgIpc) is 1.64. The van der Waals surface area contributed by atoms with Crippen molar-refractivity contribution in [2.24, 2.45) is 17.6 Å². The van der Waals surface area contributed by atoms with Crippen molar-refractivity contribution < 1.29 is 73.0 Å². The lowest BCUT2D eigenvalue weighted by Crippen LogP contribution is -2.35. The Kier molecular flexibility index (Phi) is 25.2. The zero-order valence-corrected chi connectivity index (χ0v) is 61.8. The van der Waals surface area contributed by atoms with Gasteiger partial charge in [-0.15, -0.1) is 0 Å². The molecule has 0 spiro atoms. The van der Waals surface area contributed by atoms with E-state index in [1.54, 1.807) is 47.5 Å². The van der Waals surface area contributed by atoms with Crippen molar-refractivity contribution in [1.29, 1.82) is 0 Å². The van der Waals surface area contributed by atoms with Gasteiger partial charge in [0.1, 0.15) is 34.2 Å². The number of anilines is 1. The van der Waals surface area contributed by atoms with Gasteiger partial charge >= 0.3 is 18.0 Å². The standard InChI is InChI=1S/C23H32N2O4.C18H18N2O5S.C16H17N3O5S.C12H12ClN5O4S/c1-7-16-13-15(3)14-17(8-2)18(16)19-20(26)24-9-11-28-12-10-25(24)21(19)29-22(27)23(4,5)6;1-25-16-5-3-2-4-15(16)18(22)20-26(23,24)14-10-6-12(7-11-14)17(21)19-13-8-9-13;1-9-10(15(20)11-8-17-19(2)16(11)21)4-5-13(25(3,22)23)14(9)12-6-7-24-18-12;1-7-14-10(17-12(15-7)22-2)16-11(19)18-23(20,21)9-6-4-3-5-8(9)13/h13-14H,7-12H2,1-6H3;2-7,10-11,13H,8-9H2,1H3,(H,19,21)(H,20,22);4-5,8,17H,6-7H2,1-3H3;3-6H,1-2H3,(H2,14,15,16,17,18,19). The first-order valence-corrected chi connectivity index (χ1v) is 37.4. The Morgan fingerprint density at radius 1 is 0.699 bits per heavy atom. The van der Waals surface area contributed by atoms with Crippen LogP contribution in [0.15, 0.2) is 133 Å². The quantitative estimate of drug-likeness (QED) is 0.0408. The number of fused-ring (bicyclic) bond motifs is 1. The molecule has 2 aliphatic heterocycles. The number of nitrogens with one attached hydrogen (secondary N) is 5. The summed E-state index contributed by atoms with van der Waals surface area (Å²) in [4.78, 5) is 103. The molecule has 4 amide bonds. The van der Waals surface area contributed by atoms with E-state index in [1.165, 1.54) is 98.4 Å². The molecule has 5 aromatic carbocycles. The van der Waals surface area contributed by atoms with E-state index in [9.17, 15) is 58.8 Å². The lowest BCUT2D eigenvalue weighted by Gasteiger charge is -2.19. The Labute approximate surface area is 599 Å². The number of para-hydroxylation sites is 1. The number of sulfone groups is 1. The number of carbonyl (C=O) groups is 5. The zero-order valence-electron chi connectivity index (χ0n) is 58.5. The van der Waals surface area contributed by atoms with Gasteiger partial charge in [-0.05, 0) is 150 Å². The molecule has 3 aromatic heterocycles. The molecule has 1 fully saturated rings. The summed E-state index contributed by atoms with van der Waals surface area (Å²) in [6, 6.07) is 23.7. The maximum Gasteiger partial charge on any atom is 0.335 e. The molecule has 5 N–H and O–H groups in total.